The van der Waals surface area contributed by atoms with Crippen LogP contribution in [0.4, 0.5) is 0 Å². The van der Waals surface area contributed by atoms with Crippen molar-refractivity contribution in [2.75, 3.05) is 6.61 Å². The fourth-order valence-corrected chi connectivity index (χ4v) is 1.58. The molecule has 0 fully saturated rings. The van der Waals surface area contributed by atoms with Crippen molar-refractivity contribution in [3.8, 4) is 0 Å². The number of ether oxygens (including phenoxy) is 1. The first-order valence-corrected chi connectivity index (χ1v) is 6.58. The third-order valence-corrected chi connectivity index (χ3v) is 3.42. The molecule has 3 unspecified atom stereocenters. The van der Waals surface area contributed by atoms with Crippen molar-refractivity contribution in [2.45, 2.75) is 60.0 Å². The number of hydrogen-bond acceptors (Lipinski definition) is 3. The predicted octanol–water partition coefficient (Wildman–Crippen LogP) is 3.01. The predicted molar refractivity (Wildman–Crippen MR) is 69.7 cm³/mol. The van der Waals surface area contributed by atoms with E-state index in [1.165, 1.54) is 20.3 Å². The first-order chi connectivity index (χ1) is 7.68. The average Bonchev–Trinajstić information content (AvgIpc) is 2.23. The lowest BCUT2D eigenvalue weighted by Crippen LogP contribution is -2.34. The Hall–Kier alpha value is -0.570. The molecule has 0 aliphatic rings. The van der Waals surface area contributed by atoms with Crippen molar-refractivity contribution in [1.29, 1.82) is 0 Å². The lowest BCUT2D eigenvalue weighted by molar-refractivity contribution is -0.163. The minimum absolute atomic E-state index is 0.329. The van der Waals surface area contributed by atoms with Gasteiger partial charge in [-0.05, 0) is 38.0 Å². The van der Waals surface area contributed by atoms with Crippen LogP contribution in [0.3, 0.4) is 0 Å². The van der Waals surface area contributed by atoms with E-state index in [0.29, 0.717) is 24.4 Å². The normalized spacial score (nSPS) is 17.4. The molecule has 3 heteroatoms. The Kier molecular flexibility index (Phi) is 6.76. The Morgan fingerprint density at radius 2 is 1.76 bits per heavy atom. The summed E-state index contributed by atoms with van der Waals surface area (Å²) in [5.74, 6) is 1.02. The van der Waals surface area contributed by atoms with Crippen molar-refractivity contribution < 1.29 is 14.6 Å². The highest BCUT2D eigenvalue weighted by Gasteiger charge is 2.26. The van der Waals surface area contributed by atoms with E-state index < -0.39 is 11.6 Å². The first-order valence-electron chi connectivity index (χ1n) is 6.58. The second-order valence-electron chi connectivity index (χ2n) is 5.86. The molecule has 0 aromatic heterocycles. The van der Waals surface area contributed by atoms with Gasteiger partial charge in [0.1, 0.15) is 0 Å². The van der Waals surface area contributed by atoms with Crippen LogP contribution in [0.1, 0.15) is 54.4 Å². The summed E-state index contributed by atoms with van der Waals surface area (Å²) < 4.78 is 5.12. The third kappa shape index (κ3) is 6.67. The Morgan fingerprint density at radius 3 is 2.18 bits per heavy atom. The van der Waals surface area contributed by atoms with Crippen molar-refractivity contribution in [2.24, 2.45) is 17.8 Å². The number of hydrogen-bond donors (Lipinski definition) is 1. The number of carbonyl (C=O) groups is 1. The van der Waals surface area contributed by atoms with Crippen LogP contribution in [-0.2, 0) is 9.53 Å². The summed E-state index contributed by atoms with van der Waals surface area (Å²) >= 11 is 0. The third-order valence-electron chi connectivity index (χ3n) is 3.42. The quantitative estimate of drug-likeness (QED) is 0.700. The number of rotatable bonds is 7. The van der Waals surface area contributed by atoms with Crippen LogP contribution < -0.4 is 0 Å². The standard InChI is InChI=1S/C14H28O3/c1-7-10(2)8-11(3)12(4)9-17-13(15)14(5,6)16/h10-12,16H,7-9H2,1-6H3. The molecule has 17 heavy (non-hydrogen) atoms. The molecule has 0 radical (unpaired) electrons. The summed E-state index contributed by atoms with van der Waals surface area (Å²) in [6.45, 7) is 12.0. The van der Waals surface area contributed by atoms with Gasteiger partial charge in [-0.1, -0.05) is 34.1 Å². The number of aliphatic hydroxyl groups is 1. The fourth-order valence-electron chi connectivity index (χ4n) is 1.58. The molecule has 0 rings (SSSR count). The summed E-state index contributed by atoms with van der Waals surface area (Å²) in [5.41, 5.74) is -1.39. The van der Waals surface area contributed by atoms with Crippen LogP contribution in [0, 0.1) is 17.8 Å². The second-order valence-corrected chi connectivity index (χ2v) is 5.86. The fraction of sp³-hybridized carbons (Fsp3) is 0.929. The van der Waals surface area contributed by atoms with Crippen LogP contribution in [-0.4, -0.2) is 23.3 Å². The molecular weight excluding hydrogens is 216 g/mol. The summed E-state index contributed by atoms with van der Waals surface area (Å²) in [6, 6.07) is 0. The molecular formula is C14H28O3. The molecule has 0 heterocycles. The highest BCUT2D eigenvalue weighted by Crippen LogP contribution is 2.22. The van der Waals surface area contributed by atoms with Gasteiger partial charge < -0.3 is 9.84 Å². The van der Waals surface area contributed by atoms with Gasteiger partial charge in [0, 0.05) is 0 Å². The topological polar surface area (TPSA) is 46.5 Å². The first kappa shape index (κ1) is 16.4. The highest BCUT2D eigenvalue weighted by atomic mass is 16.5. The molecule has 1 N–H and O–H groups in total. The Bertz CT molecular complexity index is 230. The van der Waals surface area contributed by atoms with E-state index in [4.69, 9.17) is 4.74 Å². The number of esters is 1. The van der Waals surface area contributed by atoms with Gasteiger partial charge in [-0.25, -0.2) is 4.79 Å². The van der Waals surface area contributed by atoms with E-state index >= 15 is 0 Å². The maximum atomic E-state index is 11.4. The highest BCUT2D eigenvalue weighted by molar-refractivity contribution is 5.78. The smallest absolute Gasteiger partial charge is 0.337 e. The van der Waals surface area contributed by atoms with Gasteiger partial charge in [0.2, 0.25) is 0 Å². The molecule has 0 saturated carbocycles. The monoisotopic (exact) mass is 244 g/mol. The van der Waals surface area contributed by atoms with Gasteiger partial charge in [0.25, 0.3) is 0 Å². The average molecular weight is 244 g/mol. The van der Waals surface area contributed by atoms with Crippen molar-refractivity contribution in [3.63, 3.8) is 0 Å². The van der Waals surface area contributed by atoms with Crippen molar-refractivity contribution in [1.82, 2.24) is 0 Å². The van der Waals surface area contributed by atoms with E-state index in [9.17, 15) is 9.90 Å². The second kappa shape index (κ2) is 7.00. The molecule has 0 saturated heterocycles. The molecule has 3 nitrogen and oxygen atoms in total. The molecule has 0 aromatic rings. The minimum atomic E-state index is -1.39. The minimum Gasteiger partial charge on any atom is -0.463 e. The zero-order chi connectivity index (χ0) is 13.6. The Labute approximate surface area is 106 Å². The van der Waals surface area contributed by atoms with E-state index in [1.807, 2.05) is 0 Å². The summed E-state index contributed by atoms with van der Waals surface area (Å²) in [5, 5.41) is 9.45. The van der Waals surface area contributed by atoms with Crippen LogP contribution in [0.25, 0.3) is 0 Å². The molecule has 0 aliphatic heterocycles. The van der Waals surface area contributed by atoms with Crippen LogP contribution in [0.5, 0.6) is 0 Å². The lowest BCUT2D eigenvalue weighted by atomic mass is 9.87. The van der Waals surface area contributed by atoms with E-state index in [-0.39, 0.29) is 0 Å². The molecule has 0 aromatic carbocycles. The zero-order valence-electron chi connectivity index (χ0n) is 12.1. The van der Waals surface area contributed by atoms with Gasteiger partial charge >= 0.3 is 5.97 Å². The Morgan fingerprint density at radius 1 is 1.24 bits per heavy atom. The molecule has 0 spiro atoms. The maximum absolute atomic E-state index is 11.4. The molecule has 3 atom stereocenters. The number of carbonyl (C=O) groups excluding carboxylic acids is 1. The summed E-state index contributed by atoms with van der Waals surface area (Å²) in [4.78, 5) is 11.4. The van der Waals surface area contributed by atoms with Crippen LogP contribution in [0.15, 0.2) is 0 Å². The van der Waals surface area contributed by atoms with E-state index in [0.717, 1.165) is 6.42 Å². The van der Waals surface area contributed by atoms with Gasteiger partial charge in [0.05, 0.1) is 6.61 Å². The maximum Gasteiger partial charge on any atom is 0.337 e. The van der Waals surface area contributed by atoms with E-state index in [1.54, 1.807) is 0 Å². The van der Waals surface area contributed by atoms with Crippen molar-refractivity contribution in [3.05, 3.63) is 0 Å². The molecule has 0 bridgehead atoms. The lowest BCUT2D eigenvalue weighted by Gasteiger charge is -2.24. The summed E-state index contributed by atoms with van der Waals surface area (Å²) in [6.07, 6.45) is 2.33. The molecule has 102 valence electrons. The van der Waals surface area contributed by atoms with Crippen LogP contribution >= 0.6 is 0 Å². The van der Waals surface area contributed by atoms with E-state index in [2.05, 4.69) is 27.7 Å². The zero-order valence-corrected chi connectivity index (χ0v) is 12.1. The molecule has 0 amide bonds. The van der Waals surface area contributed by atoms with Gasteiger partial charge in [-0.3, -0.25) is 0 Å². The van der Waals surface area contributed by atoms with Crippen LogP contribution in [0.2, 0.25) is 0 Å². The van der Waals surface area contributed by atoms with Crippen molar-refractivity contribution >= 4 is 5.97 Å². The van der Waals surface area contributed by atoms with Gasteiger partial charge in [-0.15, -0.1) is 0 Å². The largest absolute Gasteiger partial charge is 0.463 e. The van der Waals surface area contributed by atoms with Gasteiger partial charge in [-0.2, -0.15) is 0 Å². The summed E-state index contributed by atoms with van der Waals surface area (Å²) in [7, 11) is 0. The molecule has 0 aliphatic carbocycles. The Balaban J connectivity index is 4.01. The van der Waals surface area contributed by atoms with Gasteiger partial charge in [0.15, 0.2) is 5.60 Å². The SMILES string of the molecule is CCC(C)CC(C)C(C)COC(=O)C(C)(C)O.